The smallest absolute Gasteiger partial charge is 0.147 e. The lowest BCUT2D eigenvalue weighted by molar-refractivity contribution is -0.116. The van der Waals surface area contributed by atoms with Gasteiger partial charge in [0.15, 0.2) is 0 Å². The number of hydrogen-bond donors (Lipinski definition) is 0. The fourth-order valence-corrected chi connectivity index (χ4v) is 1.79. The molecule has 0 aliphatic rings. The van der Waals surface area contributed by atoms with Gasteiger partial charge in [-0.05, 0) is 47.7 Å². The molecule has 1 aromatic rings. The van der Waals surface area contributed by atoms with E-state index >= 15 is 0 Å². The third-order valence-corrected chi connectivity index (χ3v) is 3.40. The van der Waals surface area contributed by atoms with Crippen molar-refractivity contribution in [2.75, 3.05) is 0 Å². The molecule has 0 aliphatic heterocycles. The van der Waals surface area contributed by atoms with Crippen LogP contribution >= 0.6 is 38.5 Å². The van der Waals surface area contributed by atoms with Crippen LogP contribution in [0.15, 0.2) is 18.2 Å². The molecule has 13 heavy (non-hydrogen) atoms. The van der Waals surface area contributed by atoms with Crippen LogP contribution in [0.25, 0.3) is 0 Å². The van der Waals surface area contributed by atoms with Crippen molar-refractivity contribution in [2.45, 2.75) is 11.8 Å². The van der Waals surface area contributed by atoms with Crippen LogP contribution in [-0.2, 0) is 4.79 Å². The summed E-state index contributed by atoms with van der Waals surface area (Å²) < 4.78 is 14.1. The first-order valence-corrected chi connectivity index (χ1v) is 5.61. The molecule has 1 atom stereocenters. The lowest BCUT2D eigenvalue weighted by Gasteiger charge is -2.07. The van der Waals surface area contributed by atoms with Crippen molar-refractivity contribution in [3.63, 3.8) is 0 Å². The number of alkyl halides is 1. The van der Waals surface area contributed by atoms with E-state index in [9.17, 15) is 9.18 Å². The monoisotopic (exact) mass is 356 g/mol. The Morgan fingerprint density at radius 1 is 1.62 bits per heavy atom. The van der Waals surface area contributed by atoms with Crippen molar-refractivity contribution >= 4 is 44.3 Å². The maximum Gasteiger partial charge on any atom is 0.147 e. The highest BCUT2D eigenvalue weighted by Gasteiger charge is 2.16. The first-order valence-electron chi connectivity index (χ1n) is 3.62. The van der Waals surface area contributed by atoms with E-state index in [2.05, 4.69) is 38.5 Å². The number of benzene rings is 1. The van der Waals surface area contributed by atoms with Gasteiger partial charge >= 0.3 is 0 Å². The van der Waals surface area contributed by atoms with Gasteiger partial charge in [-0.25, -0.2) is 4.39 Å². The Morgan fingerprint density at radius 3 is 2.77 bits per heavy atom. The molecule has 0 saturated carbocycles. The van der Waals surface area contributed by atoms with Crippen molar-refractivity contribution < 1.29 is 9.18 Å². The quantitative estimate of drug-likeness (QED) is 0.586. The molecule has 0 radical (unpaired) electrons. The van der Waals surface area contributed by atoms with Gasteiger partial charge in [0.1, 0.15) is 16.4 Å². The molecule has 0 fully saturated rings. The summed E-state index contributed by atoms with van der Waals surface area (Å²) in [4.78, 5) is 10.5. The van der Waals surface area contributed by atoms with Crippen LogP contribution in [0.2, 0.25) is 0 Å². The minimum Gasteiger partial charge on any atom is -0.298 e. The molecule has 1 rings (SSSR count). The number of carbonyl (C=O) groups is 1. The van der Waals surface area contributed by atoms with Gasteiger partial charge in [-0.3, -0.25) is 4.79 Å². The molecule has 0 N–H and O–H groups in total. The van der Waals surface area contributed by atoms with Crippen molar-refractivity contribution in [3.05, 3.63) is 33.1 Å². The van der Waals surface area contributed by atoms with E-state index in [1.807, 2.05) is 0 Å². The fourth-order valence-electron chi connectivity index (χ4n) is 0.928. The fraction of sp³-hybridized carbons (Fsp3) is 0.222. The third-order valence-electron chi connectivity index (χ3n) is 1.59. The minimum absolute atomic E-state index is 0.0964. The summed E-state index contributed by atoms with van der Waals surface area (Å²) in [6.45, 7) is 1.43. The molecule has 4 heteroatoms. The van der Waals surface area contributed by atoms with Crippen molar-refractivity contribution in [2.24, 2.45) is 0 Å². The number of ketones is 1. The highest BCUT2D eigenvalue weighted by molar-refractivity contribution is 14.1. The van der Waals surface area contributed by atoms with Crippen LogP contribution in [0.5, 0.6) is 0 Å². The summed E-state index contributed by atoms with van der Waals surface area (Å²) in [6, 6.07) is 4.70. The Kier molecular flexibility index (Phi) is 3.85. The number of Topliss-reactive ketones (excluding diaryl/α,β-unsaturated/α-hetero) is 1. The SMILES string of the molecule is CC(=O)C(Br)c1cc(I)ccc1F. The average molecular weight is 357 g/mol. The van der Waals surface area contributed by atoms with E-state index in [0.717, 1.165) is 3.57 Å². The predicted molar refractivity (Wildman–Crippen MR) is 61.5 cm³/mol. The zero-order valence-electron chi connectivity index (χ0n) is 6.85. The topological polar surface area (TPSA) is 17.1 Å². The Morgan fingerprint density at radius 2 is 2.23 bits per heavy atom. The van der Waals surface area contributed by atoms with E-state index in [1.54, 1.807) is 12.1 Å². The molecule has 0 saturated heterocycles. The summed E-state index contributed by atoms with van der Waals surface area (Å²) >= 11 is 5.22. The molecule has 70 valence electrons. The van der Waals surface area contributed by atoms with Gasteiger partial charge in [0.25, 0.3) is 0 Å². The van der Waals surface area contributed by atoms with Gasteiger partial charge in [-0.15, -0.1) is 0 Å². The van der Waals surface area contributed by atoms with E-state index in [4.69, 9.17) is 0 Å². The Balaban J connectivity index is 3.12. The largest absolute Gasteiger partial charge is 0.298 e. The molecule has 1 nitrogen and oxygen atoms in total. The number of halogens is 3. The van der Waals surface area contributed by atoms with Gasteiger partial charge in [-0.1, -0.05) is 15.9 Å². The molecule has 0 heterocycles. The van der Waals surface area contributed by atoms with Gasteiger partial charge in [-0.2, -0.15) is 0 Å². The molecular formula is C9H7BrFIO. The van der Waals surface area contributed by atoms with Crippen molar-refractivity contribution in [3.8, 4) is 0 Å². The first kappa shape index (κ1) is 11.1. The van der Waals surface area contributed by atoms with Crippen LogP contribution in [0.3, 0.4) is 0 Å². The zero-order chi connectivity index (χ0) is 10.0. The van der Waals surface area contributed by atoms with Crippen LogP contribution < -0.4 is 0 Å². The maximum atomic E-state index is 13.2. The second-order valence-electron chi connectivity index (χ2n) is 2.64. The van der Waals surface area contributed by atoms with E-state index in [0.29, 0.717) is 5.56 Å². The summed E-state index contributed by atoms with van der Waals surface area (Å²) in [5.41, 5.74) is 0.402. The molecule has 1 aromatic carbocycles. The Labute approximate surface area is 98.0 Å². The summed E-state index contributed by atoms with van der Waals surface area (Å²) in [7, 11) is 0. The standard InChI is InChI=1S/C9H7BrFIO/c1-5(13)9(10)7-4-6(12)2-3-8(7)11/h2-4,9H,1H3. The summed E-state index contributed by atoms with van der Waals surface area (Å²) in [5, 5.41) is 0. The van der Waals surface area contributed by atoms with Gasteiger partial charge in [0, 0.05) is 9.13 Å². The number of hydrogen-bond acceptors (Lipinski definition) is 1. The number of rotatable bonds is 2. The number of carbonyl (C=O) groups excluding carboxylic acids is 1. The predicted octanol–water partition coefficient (Wildman–Crippen LogP) is 3.46. The molecule has 0 bridgehead atoms. The minimum atomic E-state index is -0.540. The molecule has 1 unspecified atom stereocenters. The molecule has 0 spiro atoms. The van der Waals surface area contributed by atoms with Crippen molar-refractivity contribution in [1.82, 2.24) is 0 Å². The van der Waals surface area contributed by atoms with Gasteiger partial charge in [0.05, 0.1) is 0 Å². The maximum absolute atomic E-state index is 13.2. The Bertz CT molecular complexity index is 340. The Hall–Kier alpha value is 0.0300. The zero-order valence-corrected chi connectivity index (χ0v) is 10.6. The molecule has 0 aromatic heterocycles. The van der Waals surface area contributed by atoms with Crippen LogP contribution in [-0.4, -0.2) is 5.78 Å². The second-order valence-corrected chi connectivity index (χ2v) is 4.80. The normalized spacial score (nSPS) is 12.6. The summed E-state index contributed by atoms with van der Waals surface area (Å²) in [5.74, 6) is -0.446. The van der Waals surface area contributed by atoms with Gasteiger partial charge in [0.2, 0.25) is 0 Å². The molecule has 0 amide bonds. The van der Waals surface area contributed by atoms with E-state index in [1.165, 1.54) is 13.0 Å². The second kappa shape index (κ2) is 4.50. The first-order chi connectivity index (χ1) is 6.02. The average Bonchev–Trinajstić information content (AvgIpc) is 2.08. The highest BCUT2D eigenvalue weighted by atomic mass is 127. The van der Waals surface area contributed by atoms with Crippen LogP contribution in [0.1, 0.15) is 17.3 Å². The molecule has 0 aliphatic carbocycles. The lowest BCUT2D eigenvalue weighted by atomic mass is 10.1. The van der Waals surface area contributed by atoms with Crippen LogP contribution in [0.4, 0.5) is 4.39 Å². The van der Waals surface area contributed by atoms with Crippen molar-refractivity contribution in [1.29, 1.82) is 0 Å². The van der Waals surface area contributed by atoms with Gasteiger partial charge < -0.3 is 0 Å². The van der Waals surface area contributed by atoms with Crippen LogP contribution in [0, 0.1) is 9.39 Å². The lowest BCUT2D eigenvalue weighted by Crippen LogP contribution is -2.03. The summed E-state index contributed by atoms with van der Waals surface area (Å²) in [6.07, 6.45) is 0. The highest BCUT2D eigenvalue weighted by Crippen LogP contribution is 2.27. The molecular weight excluding hydrogens is 350 g/mol. The van der Waals surface area contributed by atoms with E-state index < -0.39 is 4.83 Å². The third kappa shape index (κ3) is 2.74. The van der Waals surface area contributed by atoms with E-state index in [-0.39, 0.29) is 11.6 Å².